The lowest BCUT2D eigenvalue weighted by atomic mass is 10.1. The van der Waals surface area contributed by atoms with Crippen LogP contribution in [0.3, 0.4) is 0 Å². The standard InChI is InChI=1S/C22H26N4O2/c1-15-4-3-5-17(12-15)14-25-10-11-26(16(2)22(25)28)19-8-9-23-20(13-19)21(27)24-18-6-7-18/h3-5,8-9,12-13,16,18H,6-7,10-11,14H2,1-2H3,(H,24,27)/t16-/m0/s1. The van der Waals surface area contributed by atoms with Crippen molar-refractivity contribution < 1.29 is 9.59 Å². The van der Waals surface area contributed by atoms with Crippen molar-refractivity contribution in [2.24, 2.45) is 0 Å². The monoisotopic (exact) mass is 378 g/mol. The van der Waals surface area contributed by atoms with E-state index in [1.807, 2.05) is 24.0 Å². The number of hydrogen-bond acceptors (Lipinski definition) is 4. The third kappa shape index (κ3) is 4.01. The summed E-state index contributed by atoms with van der Waals surface area (Å²) in [4.78, 5) is 33.4. The number of aryl methyl sites for hydroxylation is 1. The summed E-state index contributed by atoms with van der Waals surface area (Å²) in [5, 5.41) is 2.96. The summed E-state index contributed by atoms with van der Waals surface area (Å²) in [5.74, 6) is -0.0324. The maximum absolute atomic E-state index is 13.0. The molecule has 1 atom stereocenters. The molecule has 6 heteroatoms. The Morgan fingerprint density at radius 1 is 1.21 bits per heavy atom. The number of amides is 2. The lowest BCUT2D eigenvalue weighted by Gasteiger charge is -2.40. The number of nitrogens with zero attached hydrogens (tertiary/aromatic N) is 3. The lowest BCUT2D eigenvalue weighted by molar-refractivity contribution is -0.134. The van der Waals surface area contributed by atoms with Crippen LogP contribution in [0.1, 0.15) is 41.4 Å². The molecule has 2 aromatic rings. The average molecular weight is 378 g/mol. The number of piperazine rings is 1. The van der Waals surface area contributed by atoms with Gasteiger partial charge in [0.05, 0.1) is 0 Å². The Morgan fingerprint density at radius 3 is 2.79 bits per heavy atom. The van der Waals surface area contributed by atoms with Gasteiger partial charge in [-0.15, -0.1) is 0 Å². The molecule has 2 amide bonds. The Kier molecular flexibility index (Phi) is 5.03. The van der Waals surface area contributed by atoms with Gasteiger partial charge in [-0.25, -0.2) is 0 Å². The van der Waals surface area contributed by atoms with Crippen molar-refractivity contribution >= 4 is 17.5 Å². The summed E-state index contributed by atoms with van der Waals surface area (Å²) in [5.41, 5.74) is 3.63. The van der Waals surface area contributed by atoms with Crippen molar-refractivity contribution in [1.29, 1.82) is 0 Å². The second-order valence-corrected chi connectivity index (χ2v) is 7.77. The van der Waals surface area contributed by atoms with E-state index in [4.69, 9.17) is 0 Å². The van der Waals surface area contributed by atoms with Crippen LogP contribution in [-0.2, 0) is 11.3 Å². The molecule has 2 aliphatic rings. The van der Waals surface area contributed by atoms with E-state index in [-0.39, 0.29) is 17.9 Å². The number of aromatic nitrogens is 1. The van der Waals surface area contributed by atoms with Gasteiger partial charge < -0.3 is 15.1 Å². The first-order valence-electron chi connectivity index (χ1n) is 9.89. The Labute approximate surface area is 165 Å². The van der Waals surface area contributed by atoms with Crippen LogP contribution in [0.4, 0.5) is 5.69 Å². The number of carbonyl (C=O) groups excluding carboxylic acids is 2. The Hall–Kier alpha value is -2.89. The van der Waals surface area contributed by atoms with Gasteiger partial charge in [0.2, 0.25) is 5.91 Å². The minimum Gasteiger partial charge on any atom is -0.358 e. The fourth-order valence-corrected chi connectivity index (χ4v) is 3.68. The fourth-order valence-electron chi connectivity index (χ4n) is 3.68. The zero-order valence-electron chi connectivity index (χ0n) is 16.4. The molecular weight excluding hydrogens is 352 g/mol. The molecule has 146 valence electrons. The molecule has 4 rings (SSSR count). The highest BCUT2D eigenvalue weighted by molar-refractivity contribution is 5.94. The lowest BCUT2D eigenvalue weighted by Crippen LogP contribution is -2.55. The van der Waals surface area contributed by atoms with E-state index in [2.05, 4.69) is 40.3 Å². The average Bonchev–Trinajstić information content (AvgIpc) is 3.50. The SMILES string of the molecule is Cc1cccc(CN2CCN(c3ccnc(C(=O)NC4CC4)c3)[C@@H](C)C2=O)c1. The maximum atomic E-state index is 13.0. The van der Waals surface area contributed by atoms with E-state index >= 15 is 0 Å². The number of benzene rings is 1. The summed E-state index contributed by atoms with van der Waals surface area (Å²) in [6, 6.07) is 11.9. The summed E-state index contributed by atoms with van der Waals surface area (Å²) >= 11 is 0. The first kappa shape index (κ1) is 18.5. The molecule has 0 radical (unpaired) electrons. The molecule has 1 saturated heterocycles. The molecular formula is C22H26N4O2. The van der Waals surface area contributed by atoms with Gasteiger partial charge in [-0.1, -0.05) is 29.8 Å². The highest BCUT2D eigenvalue weighted by Gasteiger charge is 2.32. The molecule has 1 aromatic heterocycles. The van der Waals surface area contributed by atoms with Gasteiger partial charge in [0, 0.05) is 37.6 Å². The number of rotatable bonds is 5. The van der Waals surface area contributed by atoms with Crippen LogP contribution in [0.15, 0.2) is 42.6 Å². The van der Waals surface area contributed by atoms with Crippen molar-refractivity contribution in [2.75, 3.05) is 18.0 Å². The summed E-state index contributed by atoms with van der Waals surface area (Å²) in [6.45, 7) is 6.00. The first-order chi connectivity index (χ1) is 13.5. The van der Waals surface area contributed by atoms with Gasteiger partial charge in [0.15, 0.2) is 0 Å². The molecule has 2 heterocycles. The molecule has 1 aromatic carbocycles. The normalized spacial score (nSPS) is 19.6. The largest absolute Gasteiger partial charge is 0.358 e. The highest BCUT2D eigenvalue weighted by Crippen LogP contribution is 2.24. The fraction of sp³-hybridized carbons (Fsp3) is 0.409. The predicted octanol–water partition coefficient (Wildman–Crippen LogP) is 2.52. The molecule has 0 bridgehead atoms. The zero-order chi connectivity index (χ0) is 19.7. The number of anilines is 1. The summed E-state index contributed by atoms with van der Waals surface area (Å²) < 4.78 is 0. The quantitative estimate of drug-likeness (QED) is 0.868. The van der Waals surface area contributed by atoms with Crippen molar-refractivity contribution in [1.82, 2.24) is 15.2 Å². The van der Waals surface area contributed by atoms with Crippen molar-refractivity contribution in [3.05, 3.63) is 59.4 Å². The van der Waals surface area contributed by atoms with E-state index in [1.165, 1.54) is 5.56 Å². The Morgan fingerprint density at radius 2 is 2.04 bits per heavy atom. The minimum atomic E-state index is -0.277. The first-order valence-corrected chi connectivity index (χ1v) is 9.89. The summed E-state index contributed by atoms with van der Waals surface area (Å²) in [6.07, 6.45) is 3.73. The topological polar surface area (TPSA) is 65.5 Å². The van der Waals surface area contributed by atoms with Gasteiger partial charge in [0.1, 0.15) is 11.7 Å². The number of hydrogen-bond donors (Lipinski definition) is 1. The van der Waals surface area contributed by atoms with Gasteiger partial charge >= 0.3 is 0 Å². The van der Waals surface area contributed by atoms with Crippen LogP contribution >= 0.6 is 0 Å². The summed E-state index contributed by atoms with van der Waals surface area (Å²) in [7, 11) is 0. The second kappa shape index (κ2) is 7.62. The van der Waals surface area contributed by atoms with Gasteiger partial charge in [-0.05, 0) is 44.4 Å². The van der Waals surface area contributed by atoms with Crippen molar-refractivity contribution in [3.8, 4) is 0 Å². The molecule has 1 N–H and O–H groups in total. The molecule has 28 heavy (non-hydrogen) atoms. The second-order valence-electron chi connectivity index (χ2n) is 7.77. The van der Waals surface area contributed by atoms with Crippen LogP contribution in [0, 0.1) is 6.92 Å². The molecule has 0 spiro atoms. The van der Waals surface area contributed by atoms with Gasteiger partial charge in [-0.3, -0.25) is 14.6 Å². The smallest absolute Gasteiger partial charge is 0.270 e. The van der Waals surface area contributed by atoms with Crippen LogP contribution in [-0.4, -0.2) is 46.9 Å². The molecule has 2 fully saturated rings. The van der Waals surface area contributed by atoms with Crippen LogP contribution in [0.2, 0.25) is 0 Å². The molecule has 1 aliphatic carbocycles. The Bertz CT molecular complexity index is 894. The Balaban J connectivity index is 1.45. The third-order valence-corrected chi connectivity index (χ3v) is 5.42. The van der Waals surface area contributed by atoms with E-state index in [1.54, 1.807) is 12.3 Å². The molecule has 6 nitrogen and oxygen atoms in total. The van der Waals surface area contributed by atoms with Gasteiger partial charge in [0.25, 0.3) is 5.91 Å². The van der Waals surface area contributed by atoms with Gasteiger partial charge in [-0.2, -0.15) is 0 Å². The molecule has 0 unspecified atom stereocenters. The maximum Gasteiger partial charge on any atom is 0.270 e. The molecule has 1 aliphatic heterocycles. The number of carbonyl (C=O) groups is 2. The van der Waals surface area contributed by atoms with Crippen LogP contribution in [0.25, 0.3) is 0 Å². The van der Waals surface area contributed by atoms with Crippen molar-refractivity contribution in [2.45, 2.75) is 45.3 Å². The van der Waals surface area contributed by atoms with E-state index in [0.29, 0.717) is 24.8 Å². The van der Waals surface area contributed by atoms with E-state index in [9.17, 15) is 9.59 Å². The number of pyridine rings is 1. The van der Waals surface area contributed by atoms with Crippen molar-refractivity contribution in [3.63, 3.8) is 0 Å². The zero-order valence-corrected chi connectivity index (χ0v) is 16.4. The third-order valence-electron chi connectivity index (χ3n) is 5.42. The minimum absolute atomic E-state index is 0.105. The highest BCUT2D eigenvalue weighted by atomic mass is 16.2. The predicted molar refractivity (Wildman–Crippen MR) is 108 cm³/mol. The number of nitrogens with one attached hydrogen (secondary N) is 1. The van der Waals surface area contributed by atoms with E-state index < -0.39 is 0 Å². The van der Waals surface area contributed by atoms with Crippen LogP contribution < -0.4 is 10.2 Å². The molecule has 1 saturated carbocycles. The van der Waals surface area contributed by atoms with E-state index in [0.717, 1.165) is 30.6 Å². The van der Waals surface area contributed by atoms with Crippen LogP contribution in [0.5, 0.6) is 0 Å².